The van der Waals surface area contributed by atoms with Crippen molar-refractivity contribution in [2.24, 2.45) is 0 Å². The predicted octanol–water partition coefficient (Wildman–Crippen LogP) is 4.54. The average Bonchev–Trinajstić information content (AvgIpc) is 3.05. The Morgan fingerprint density at radius 1 is 1.11 bits per heavy atom. The Hall–Kier alpha value is -3.49. The Labute approximate surface area is 151 Å². The lowest BCUT2D eigenvalue weighted by molar-refractivity contribution is 0.146. The summed E-state index contributed by atoms with van der Waals surface area (Å²) in [4.78, 5) is 19.4. The van der Waals surface area contributed by atoms with Gasteiger partial charge in [0.1, 0.15) is 22.9 Å². The zero-order valence-corrected chi connectivity index (χ0v) is 14.0. The van der Waals surface area contributed by atoms with Crippen LogP contribution in [0.4, 0.5) is 24.7 Å². The van der Waals surface area contributed by atoms with Crippen LogP contribution in [0.2, 0.25) is 0 Å². The maximum Gasteiger partial charge on any atom is 0.280 e. The summed E-state index contributed by atoms with van der Waals surface area (Å²) in [5.74, 6) is -0.0660. The molecule has 0 unspecified atom stereocenters. The molecule has 4 aromatic heterocycles. The Kier molecular flexibility index (Phi) is 4.19. The van der Waals surface area contributed by atoms with Crippen LogP contribution < -0.4 is 5.32 Å². The number of nitrogens with one attached hydrogen (secondary N) is 2. The summed E-state index contributed by atoms with van der Waals surface area (Å²) in [6.45, 7) is 1.85. The molecule has 0 amide bonds. The molecule has 0 aromatic carbocycles. The summed E-state index contributed by atoms with van der Waals surface area (Å²) in [5.41, 5.74) is 1.35. The minimum atomic E-state index is -2.70. The van der Waals surface area contributed by atoms with Crippen molar-refractivity contribution in [3.8, 4) is 11.5 Å². The van der Waals surface area contributed by atoms with Gasteiger partial charge < -0.3 is 10.3 Å². The first kappa shape index (κ1) is 17.0. The van der Waals surface area contributed by atoms with Gasteiger partial charge in [-0.1, -0.05) is 6.07 Å². The molecular formula is C18H13F3N6. The number of nitrogens with zero attached hydrogens (tertiary/aromatic N) is 4. The smallest absolute Gasteiger partial charge is 0.280 e. The van der Waals surface area contributed by atoms with Gasteiger partial charge in [-0.15, -0.1) is 0 Å². The van der Waals surface area contributed by atoms with E-state index in [1.807, 2.05) is 6.92 Å². The Bertz CT molecular complexity index is 1130. The standard InChI is InChI=1S/C18H13F3N6/c1-9-7-23-17-14(9)18(25-11-5-6-22-8-10(11)19)27-16(26-17)13-4-2-3-12(24-13)15(20)21/h2-8,15H,1H3,(H2,22,23,25,26,27). The van der Waals surface area contributed by atoms with Crippen LogP contribution in [0.25, 0.3) is 22.6 Å². The number of aromatic nitrogens is 5. The molecule has 0 aliphatic rings. The SMILES string of the molecule is Cc1c[nH]c2nc(-c3cccc(C(F)F)n3)nc(Nc3ccncc3F)c12. The normalized spacial score (nSPS) is 11.3. The number of H-pyrrole nitrogens is 1. The number of rotatable bonds is 4. The van der Waals surface area contributed by atoms with Crippen LogP contribution >= 0.6 is 0 Å². The van der Waals surface area contributed by atoms with E-state index in [0.717, 1.165) is 11.8 Å². The maximum absolute atomic E-state index is 14.0. The van der Waals surface area contributed by atoms with Crippen molar-refractivity contribution in [3.63, 3.8) is 0 Å². The average molecular weight is 370 g/mol. The number of hydrogen-bond donors (Lipinski definition) is 2. The van der Waals surface area contributed by atoms with Crippen molar-refractivity contribution in [1.82, 2.24) is 24.9 Å². The van der Waals surface area contributed by atoms with E-state index in [2.05, 4.69) is 30.2 Å². The van der Waals surface area contributed by atoms with Crippen LogP contribution in [0.3, 0.4) is 0 Å². The molecule has 0 bridgehead atoms. The van der Waals surface area contributed by atoms with Gasteiger partial charge in [0.2, 0.25) is 0 Å². The molecule has 4 rings (SSSR count). The molecule has 6 nitrogen and oxygen atoms in total. The summed E-state index contributed by atoms with van der Waals surface area (Å²) in [6, 6.07) is 5.71. The Morgan fingerprint density at radius 2 is 1.96 bits per heavy atom. The van der Waals surface area contributed by atoms with Gasteiger partial charge in [-0.05, 0) is 30.7 Å². The van der Waals surface area contributed by atoms with E-state index in [0.29, 0.717) is 16.9 Å². The summed E-state index contributed by atoms with van der Waals surface area (Å²) >= 11 is 0. The van der Waals surface area contributed by atoms with Crippen molar-refractivity contribution in [1.29, 1.82) is 0 Å². The highest BCUT2D eigenvalue weighted by molar-refractivity contribution is 5.93. The van der Waals surface area contributed by atoms with Crippen LogP contribution in [-0.2, 0) is 0 Å². The highest BCUT2D eigenvalue weighted by Gasteiger charge is 2.16. The number of hydrogen-bond acceptors (Lipinski definition) is 5. The van der Waals surface area contributed by atoms with E-state index in [-0.39, 0.29) is 22.9 Å². The number of alkyl halides is 2. The molecule has 0 fully saturated rings. The van der Waals surface area contributed by atoms with E-state index < -0.39 is 12.2 Å². The minimum Gasteiger partial charge on any atom is -0.346 e. The molecule has 9 heteroatoms. The van der Waals surface area contributed by atoms with Gasteiger partial charge in [0.05, 0.1) is 17.3 Å². The summed E-state index contributed by atoms with van der Waals surface area (Å²) in [7, 11) is 0. The lowest BCUT2D eigenvalue weighted by Gasteiger charge is -2.10. The number of anilines is 2. The van der Waals surface area contributed by atoms with Crippen molar-refractivity contribution < 1.29 is 13.2 Å². The van der Waals surface area contributed by atoms with Crippen LogP contribution in [0.1, 0.15) is 17.7 Å². The van der Waals surface area contributed by atoms with E-state index in [1.165, 1.54) is 24.4 Å². The van der Waals surface area contributed by atoms with Gasteiger partial charge in [0, 0.05) is 12.4 Å². The summed E-state index contributed by atoms with van der Waals surface area (Å²) < 4.78 is 39.9. The lowest BCUT2D eigenvalue weighted by atomic mass is 10.2. The third-order valence-electron chi connectivity index (χ3n) is 3.98. The van der Waals surface area contributed by atoms with Gasteiger partial charge in [0.25, 0.3) is 6.43 Å². The van der Waals surface area contributed by atoms with Crippen molar-refractivity contribution in [2.75, 3.05) is 5.32 Å². The molecule has 0 aliphatic heterocycles. The molecular weight excluding hydrogens is 357 g/mol. The first-order valence-electron chi connectivity index (χ1n) is 8.00. The number of aryl methyl sites for hydroxylation is 1. The number of fused-ring (bicyclic) bond motifs is 1. The monoisotopic (exact) mass is 370 g/mol. The van der Waals surface area contributed by atoms with Gasteiger partial charge in [-0.2, -0.15) is 0 Å². The Balaban J connectivity index is 1.87. The topological polar surface area (TPSA) is 79.4 Å². The molecule has 0 aliphatic carbocycles. The molecule has 2 N–H and O–H groups in total. The highest BCUT2D eigenvalue weighted by atomic mass is 19.3. The van der Waals surface area contributed by atoms with Gasteiger partial charge in [-0.25, -0.2) is 28.1 Å². The van der Waals surface area contributed by atoms with Crippen molar-refractivity contribution >= 4 is 22.5 Å². The van der Waals surface area contributed by atoms with Crippen LogP contribution in [-0.4, -0.2) is 24.9 Å². The van der Waals surface area contributed by atoms with Crippen molar-refractivity contribution in [3.05, 3.63) is 59.9 Å². The third-order valence-corrected chi connectivity index (χ3v) is 3.98. The first-order valence-corrected chi connectivity index (χ1v) is 8.00. The van der Waals surface area contributed by atoms with E-state index in [4.69, 9.17) is 0 Å². The maximum atomic E-state index is 14.0. The summed E-state index contributed by atoms with van der Waals surface area (Å²) in [6.07, 6.45) is 1.56. The second kappa shape index (κ2) is 6.67. The predicted molar refractivity (Wildman–Crippen MR) is 94.3 cm³/mol. The molecule has 0 saturated carbocycles. The molecule has 0 atom stereocenters. The van der Waals surface area contributed by atoms with E-state index in [1.54, 1.807) is 12.3 Å². The molecule has 136 valence electrons. The number of aromatic amines is 1. The molecule has 0 radical (unpaired) electrons. The van der Waals surface area contributed by atoms with Gasteiger partial charge in [-0.3, -0.25) is 4.98 Å². The second-order valence-corrected chi connectivity index (χ2v) is 5.82. The molecule has 0 spiro atoms. The fourth-order valence-corrected chi connectivity index (χ4v) is 2.69. The number of pyridine rings is 2. The molecule has 27 heavy (non-hydrogen) atoms. The summed E-state index contributed by atoms with van der Waals surface area (Å²) in [5, 5.41) is 3.59. The van der Waals surface area contributed by atoms with Gasteiger partial charge in [0.15, 0.2) is 11.6 Å². The molecule has 4 heterocycles. The second-order valence-electron chi connectivity index (χ2n) is 5.82. The lowest BCUT2D eigenvalue weighted by Crippen LogP contribution is -2.02. The van der Waals surface area contributed by atoms with E-state index in [9.17, 15) is 13.2 Å². The van der Waals surface area contributed by atoms with Gasteiger partial charge >= 0.3 is 0 Å². The Morgan fingerprint density at radius 3 is 2.74 bits per heavy atom. The number of halogens is 3. The zero-order valence-electron chi connectivity index (χ0n) is 14.0. The first-order chi connectivity index (χ1) is 13.0. The quantitative estimate of drug-likeness (QED) is 0.551. The molecule has 0 saturated heterocycles. The van der Waals surface area contributed by atoms with E-state index >= 15 is 0 Å². The van der Waals surface area contributed by atoms with Crippen molar-refractivity contribution in [2.45, 2.75) is 13.3 Å². The fourth-order valence-electron chi connectivity index (χ4n) is 2.69. The third kappa shape index (κ3) is 3.19. The van der Waals surface area contributed by atoms with Crippen LogP contribution in [0.15, 0.2) is 42.9 Å². The fraction of sp³-hybridized carbons (Fsp3) is 0.111. The van der Waals surface area contributed by atoms with Crippen LogP contribution in [0.5, 0.6) is 0 Å². The molecule has 4 aromatic rings. The zero-order chi connectivity index (χ0) is 19.0. The minimum absolute atomic E-state index is 0.142. The van der Waals surface area contributed by atoms with Crippen LogP contribution in [0, 0.1) is 12.7 Å². The highest BCUT2D eigenvalue weighted by Crippen LogP contribution is 2.30. The largest absolute Gasteiger partial charge is 0.346 e.